The van der Waals surface area contributed by atoms with Gasteiger partial charge in [-0.3, -0.25) is 0 Å². The summed E-state index contributed by atoms with van der Waals surface area (Å²) in [4.78, 5) is 15.1. The molecule has 0 saturated heterocycles. The standard InChI is InChI=1S/C14H14N2O3/c1-8-7-9(19-2)3-4-10(8)11-5-6-12(15)16-13(11)14(17)18/h3-7H,1-2H3,(H2,15,16)(H,17,18). The summed E-state index contributed by atoms with van der Waals surface area (Å²) in [7, 11) is 1.59. The summed E-state index contributed by atoms with van der Waals surface area (Å²) in [6, 6.07) is 8.70. The second kappa shape index (κ2) is 4.97. The van der Waals surface area contributed by atoms with Gasteiger partial charge in [0.25, 0.3) is 0 Å². The highest BCUT2D eigenvalue weighted by Gasteiger charge is 2.15. The van der Waals surface area contributed by atoms with Crippen molar-refractivity contribution in [1.82, 2.24) is 4.98 Å². The summed E-state index contributed by atoms with van der Waals surface area (Å²) in [5, 5.41) is 9.20. The normalized spacial score (nSPS) is 10.2. The number of aromatic nitrogens is 1. The number of nitrogen functional groups attached to an aromatic ring is 1. The Hall–Kier alpha value is -2.56. The van der Waals surface area contributed by atoms with Gasteiger partial charge in [-0.15, -0.1) is 0 Å². The Morgan fingerprint density at radius 3 is 2.53 bits per heavy atom. The van der Waals surface area contributed by atoms with E-state index < -0.39 is 5.97 Å². The molecule has 19 heavy (non-hydrogen) atoms. The monoisotopic (exact) mass is 258 g/mol. The minimum Gasteiger partial charge on any atom is -0.497 e. The van der Waals surface area contributed by atoms with Crippen LogP contribution < -0.4 is 10.5 Å². The van der Waals surface area contributed by atoms with Crippen molar-refractivity contribution in [3.8, 4) is 16.9 Å². The number of aryl methyl sites for hydroxylation is 1. The van der Waals surface area contributed by atoms with E-state index in [-0.39, 0.29) is 11.5 Å². The van der Waals surface area contributed by atoms with Crippen LogP contribution in [0.15, 0.2) is 30.3 Å². The van der Waals surface area contributed by atoms with E-state index in [0.717, 1.165) is 16.9 Å². The van der Waals surface area contributed by atoms with Crippen LogP contribution in [0.5, 0.6) is 5.75 Å². The molecule has 0 fully saturated rings. The fraction of sp³-hybridized carbons (Fsp3) is 0.143. The molecule has 1 aromatic carbocycles. The molecule has 98 valence electrons. The van der Waals surface area contributed by atoms with Gasteiger partial charge >= 0.3 is 5.97 Å². The molecular weight excluding hydrogens is 244 g/mol. The zero-order valence-electron chi connectivity index (χ0n) is 10.7. The molecule has 2 aromatic rings. The van der Waals surface area contributed by atoms with Crippen molar-refractivity contribution in [3.63, 3.8) is 0 Å². The lowest BCUT2D eigenvalue weighted by molar-refractivity contribution is 0.0691. The molecule has 0 aliphatic rings. The zero-order valence-corrected chi connectivity index (χ0v) is 10.7. The maximum Gasteiger partial charge on any atom is 0.355 e. The van der Waals surface area contributed by atoms with Gasteiger partial charge in [-0.2, -0.15) is 0 Å². The van der Waals surface area contributed by atoms with E-state index in [1.54, 1.807) is 25.3 Å². The van der Waals surface area contributed by atoms with Crippen molar-refractivity contribution >= 4 is 11.8 Å². The Labute approximate surface area is 110 Å². The predicted octanol–water partition coefficient (Wildman–Crippen LogP) is 2.35. The van der Waals surface area contributed by atoms with Gasteiger partial charge in [-0.05, 0) is 42.3 Å². The van der Waals surface area contributed by atoms with E-state index in [2.05, 4.69) is 4.98 Å². The molecule has 2 rings (SSSR count). The van der Waals surface area contributed by atoms with E-state index in [0.29, 0.717) is 5.56 Å². The van der Waals surface area contributed by atoms with Crippen molar-refractivity contribution in [2.45, 2.75) is 6.92 Å². The van der Waals surface area contributed by atoms with Gasteiger partial charge in [-0.1, -0.05) is 6.07 Å². The number of carboxylic acid groups (broad SMARTS) is 1. The van der Waals surface area contributed by atoms with Crippen LogP contribution in [0.2, 0.25) is 0 Å². The molecule has 0 atom stereocenters. The summed E-state index contributed by atoms with van der Waals surface area (Å²) in [6.45, 7) is 1.89. The van der Waals surface area contributed by atoms with E-state index in [9.17, 15) is 9.90 Å². The summed E-state index contributed by atoms with van der Waals surface area (Å²) in [6.07, 6.45) is 0. The molecule has 0 amide bonds. The Morgan fingerprint density at radius 2 is 1.95 bits per heavy atom. The van der Waals surface area contributed by atoms with Gasteiger partial charge < -0.3 is 15.6 Å². The van der Waals surface area contributed by atoms with Gasteiger partial charge in [0.15, 0.2) is 5.69 Å². The molecular formula is C14H14N2O3. The third kappa shape index (κ3) is 2.49. The molecule has 3 N–H and O–H groups in total. The number of benzene rings is 1. The van der Waals surface area contributed by atoms with Crippen molar-refractivity contribution in [2.24, 2.45) is 0 Å². The number of rotatable bonds is 3. The number of aromatic carboxylic acids is 1. The average Bonchev–Trinajstić information content (AvgIpc) is 2.39. The predicted molar refractivity (Wildman–Crippen MR) is 72.3 cm³/mol. The van der Waals surface area contributed by atoms with Gasteiger partial charge in [0.1, 0.15) is 11.6 Å². The summed E-state index contributed by atoms with van der Waals surface area (Å²) < 4.78 is 5.13. The number of pyridine rings is 1. The van der Waals surface area contributed by atoms with Crippen molar-refractivity contribution in [1.29, 1.82) is 0 Å². The van der Waals surface area contributed by atoms with Crippen LogP contribution in [-0.4, -0.2) is 23.2 Å². The number of anilines is 1. The number of hydrogen-bond donors (Lipinski definition) is 2. The third-order valence-electron chi connectivity index (χ3n) is 2.84. The molecule has 0 radical (unpaired) electrons. The summed E-state index contributed by atoms with van der Waals surface area (Å²) in [5.41, 5.74) is 7.74. The van der Waals surface area contributed by atoms with Gasteiger partial charge in [0.2, 0.25) is 0 Å². The van der Waals surface area contributed by atoms with Crippen LogP contribution in [0.1, 0.15) is 16.1 Å². The maximum atomic E-state index is 11.2. The van der Waals surface area contributed by atoms with Crippen molar-refractivity contribution in [2.75, 3.05) is 12.8 Å². The van der Waals surface area contributed by atoms with Crippen molar-refractivity contribution in [3.05, 3.63) is 41.6 Å². The minimum absolute atomic E-state index is 0.0479. The highest BCUT2D eigenvalue weighted by atomic mass is 16.5. The minimum atomic E-state index is -1.10. The second-order valence-electron chi connectivity index (χ2n) is 4.12. The highest BCUT2D eigenvalue weighted by molar-refractivity contribution is 5.95. The van der Waals surface area contributed by atoms with Crippen LogP contribution in [0.4, 0.5) is 5.82 Å². The summed E-state index contributed by atoms with van der Waals surface area (Å²) in [5.74, 6) is -0.189. The summed E-state index contributed by atoms with van der Waals surface area (Å²) >= 11 is 0. The lowest BCUT2D eigenvalue weighted by Gasteiger charge is -2.10. The molecule has 0 aliphatic heterocycles. The first kappa shape index (κ1) is 12.9. The fourth-order valence-corrected chi connectivity index (χ4v) is 1.92. The van der Waals surface area contributed by atoms with Crippen LogP contribution in [-0.2, 0) is 0 Å². The van der Waals surface area contributed by atoms with E-state index >= 15 is 0 Å². The molecule has 0 spiro atoms. The number of carbonyl (C=O) groups is 1. The van der Waals surface area contributed by atoms with Gasteiger partial charge in [-0.25, -0.2) is 9.78 Å². The Balaban J connectivity index is 2.62. The zero-order chi connectivity index (χ0) is 14.0. The SMILES string of the molecule is COc1ccc(-c2ccc(N)nc2C(=O)O)c(C)c1. The average molecular weight is 258 g/mol. The number of ether oxygens (including phenoxy) is 1. The molecule has 1 heterocycles. The molecule has 5 heteroatoms. The first-order valence-corrected chi connectivity index (χ1v) is 5.67. The largest absolute Gasteiger partial charge is 0.497 e. The third-order valence-corrected chi connectivity index (χ3v) is 2.84. The molecule has 5 nitrogen and oxygen atoms in total. The molecule has 1 aromatic heterocycles. The van der Waals surface area contributed by atoms with Crippen molar-refractivity contribution < 1.29 is 14.6 Å². The Kier molecular flexibility index (Phi) is 3.37. The Bertz CT molecular complexity index is 639. The molecule has 0 unspecified atom stereocenters. The molecule has 0 aliphatic carbocycles. The second-order valence-corrected chi connectivity index (χ2v) is 4.12. The highest BCUT2D eigenvalue weighted by Crippen LogP contribution is 2.29. The van der Waals surface area contributed by atoms with E-state index in [4.69, 9.17) is 10.5 Å². The van der Waals surface area contributed by atoms with Crippen LogP contribution in [0, 0.1) is 6.92 Å². The van der Waals surface area contributed by atoms with E-state index in [1.165, 1.54) is 0 Å². The lowest BCUT2D eigenvalue weighted by atomic mass is 9.99. The number of methoxy groups -OCH3 is 1. The first-order chi connectivity index (χ1) is 9.02. The molecule has 0 saturated carbocycles. The van der Waals surface area contributed by atoms with Crippen LogP contribution in [0.3, 0.4) is 0 Å². The first-order valence-electron chi connectivity index (χ1n) is 5.67. The van der Waals surface area contributed by atoms with Crippen LogP contribution >= 0.6 is 0 Å². The van der Waals surface area contributed by atoms with Crippen LogP contribution in [0.25, 0.3) is 11.1 Å². The number of hydrogen-bond acceptors (Lipinski definition) is 4. The quantitative estimate of drug-likeness (QED) is 0.882. The van der Waals surface area contributed by atoms with Gasteiger partial charge in [0, 0.05) is 5.56 Å². The number of carboxylic acids is 1. The molecule has 0 bridgehead atoms. The van der Waals surface area contributed by atoms with E-state index in [1.807, 2.05) is 19.1 Å². The van der Waals surface area contributed by atoms with Gasteiger partial charge in [0.05, 0.1) is 7.11 Å². The fourth-order valence-electron chi connectivity index (χ4n) is 1.92. The smallest absolute Gasteiger partial charge is 0.355 e. The lowest BCUT2D eigenvalue weighted by Crippen LogP contribution is -2.06. The maximum absolute atomic E-state index is 11.2. The Morgan fingerprint density at radius 1 is 1.26 bits per heavy atom. The topological polar surface area (TPSA) is 85.4 Å². The number of nitrogens with zero attached hydrogens (tertiary/aromatic N) is 1. The number of nitrogens with two attached hydrogens (primary N) is 1.